The Hall–Kier alpha value is -2.37. The first kappa shape index (κ1) is 14.0. The number of nitrogens with one attached hydrogen (secondary N) is 2. The van der Waals surface area contributed by atoms with Gasteiger partial charge in [0.25, 0.3) is 5.91 Å². The molecular formula is C14H18N4O2. The number of aromatic nitrogens is 2. The highest BCUT2D eigenvalue weighted by Crippen LogP contribution is 2.05. The zero-order valence-electron chi connectivity index (χ0n) is 11.4. The van der Waals surface area contributed by atoms with Crippen molar-refractivity contribution in [3.8, 4) is 0 Å². The third-order valence-corrected chi connectivity index (χ3v) is 2.70. The van der Waals surface area contributed by atoms with E-state index in [1.807, 2.05) is 12.1 Å². The third-order valence-electron chi connectivity index (χ3n) is 2.70. The predicted octanol–water partition coefficient (Wildman–Crippen LogP) is 2.21. The molecule has 0 aliphatic carbocycles. The minimum atomic E-state index is -0.179. The fourth-order valence-electron chi connectivity index (χ4n) is 1.62. The lowest BCUT2D eigenvalue weighted by atomic mass is 10.3. The number of anilines is 1. The molecule has 2 aromatic rings. The van der Waals surface area contributed by atoms with Gasteiger partial charge in [0, 0.05) is 12.7 Å². The molecule has 1 amide bonds. The number of carbonyl (C=O) groups is 1. The average molecular weight is 274 g/mol. The topological polar surface area (TPSA) is 80.0 Å². The summed E-state index contributed by atoms with van der Waals surface area (Å²) in [5, 5.41) is 5.83. The Kier molecular flexibility index (Phi) is 5.11. The quantitative estimate of drug-likeness (QED) is 0.757. The van der Waals surface area contributed by atoms with Gasteiger partial charge in [0.1, 0.15) is 11.5 Å². The second kappa shape index (κ2) is 7.28. The molecule has 0 atom stereocenters. The zero-order chi connectivity index (χ0) is 14.2. The Morgan fingerprint density at radius 3 is 3.05 bits per heavy atom. The molecule has 0 saturated carbocycles. The van der Waals surface area contributed by atoms with Crippen LogP contribution in [0.2, 0.25) is 0 Å². The van der Waals surface area contributed by atoms with E-state index < -0.39 is 0 Å². The summed E-state index contributed by atoms with van der Waals surface area (Å²) in [4.78, 5) is 20.1. The summed E-state index contributed by atoms with van der Waals surface area (Å²) in [6.07, 6.45) is 5.17. The highest BCUT2D eigenvalue weighted by molar-refractivity contribution is 5.92. The van der Waals surface area contributed by atoms with Crippen LogP contribution in [0.15, 0.2) is 35.1 Å². The number of hydrogen-bond acceptors (Lipinski definition) is 5. The molecule has 0 aliphatic rings. The molecule has 0 unspecified atom stereocenters. The van der Waals surface area contributed by atoms with Gasteiger partial charge in [0.05, 0.1) is 12.8 Å². The molecule has 2 heterocycles. The Balaban J connectivity index is 1.91. The maximum atomic E-state index is 11.9. The van der Waals surface area contributed by atoms with Gasteiger partial charge in [-0.05, 0) is 24.6 Å². The van der Waals surface area contributed by atoms with E-state index in [0.717, 1.165) is 18.6 Å². The van der Waals surface area contributed by atoms with Crippen LogP contribution in [0.1, 0.15) is 36.0 Å². The number of unbranched alkanes of at least 4 members (excludes halogenated alkanes) is 1. The molecule has 0 saturated heterocycles. The van der Waals surface area contributed by atoms with E-state index in [0.29, 0.717) is 24.7 Å². The van der Waals surface area contributed by atoms with Crippen molar-refractivity contribution in [2.24, 2.45) is 0 Å². The molecule has 6 nitrogen and oxygen atoms in total. The van der Waals surface area contributed by atoms with Crippen LogP contribution < -0.4 is 10.6 Å². The average Bonchev–Trinajstić information content (AvgIpc) is 2.99. The van der Waals surface area contributed by atoms with Gasteiger partial charge < -0.3 is 15.1 Å². The van der Waals surface area contributed by atoms with Crippen LogP contribution in [0, 0.1) is 0 Å². The van der Waals surface area contributed by atoms with Gasteiger partial charge in [-0.2, -0.15) is 0 Å². The van der Waals surface area contributed by atoms with Crippen LogP contribution in [0.5, 0.6) is 0 Å². The van der Waals surface area contributed by atoms with E-state index in [1.165, 1.54) is 0 Å². The van der Waals surface area contributed by atoms with E-state index in [4.69, 9.17) is 4.42 Å². The number of nitrogens with zero attached hydrogens (tertiary/aromatic N) is 2. The summed E-state index contributed by atoms with van der Waals surface area (Å²) in [6, 6.07) is 5.27. The SMILES string of the molecule is CCCCNC(=O)c1ccnc(NCc2ccco2)n1. The molecule has 0 aliphatic heterocycles. The van der Waals surface area contributed by atoms with Gasteiger partial charge in [0.2, 0.25) is 5.95 Å². The lowest BCUT2D eigenvalue weighted by molar-refractivity contribution is 0.0948. The maximum Gasteiger partial charge on any atom is 0.270 e. The van der Waals surface area contributed by atoms with Crippen molar-refractivity contribution in [1.29, 1.82) is 0 Å². The molecular weight excluding hydrogens is 256 g/mol. The van der Waals surface area contributed by atoms with E-state index >= 15 is 0 Å². The molecule has 0 radical (unpaired) electrons. The van der Waals surface area contributed by atoms with Gasteiger partial charge in [-0.1, -0.05) is 13.3 Å². The molecule has 2 rings (SSSR count). The number of hydrogen-bond donors (Lipinski definition) is 2. The molecule has 0 aromatic carbocycles. The molecule has 0 spiro atoms. The van der Waals surface area contributed by atoms with Crippen LogP contribution in [0.4, 0.5) is 5.95 Å². The summed E-state index contributed by atoms with van der Waals surface area (Å²) in [6.45, 7) is 3.22. The van der Waals surface area contributed by atoms with E-state index in [1.54, 1.807) is 18.5 Å². The molecule has 6 heteroatoms. The van der Waals surface area contributed by atoms with E-state index in [9.17, 15) is 4.79 Å². The lowest BCUT2D eigenvalue weighted by Gasteiger charge is -2.06. The van der Waals surface area contributed by atoms with Gasteiger partial charge in [0.15, 0.2) is 0 Å². The fourth-order valence-corrected chi connectivity index (χ4v) is 1.62. The maximum absolute atomic E-state index is 11.9. The lowest BCUT2D eigenvalue weighted by Crippen LogP contribution is -2.25. The highest BCUT2D eigenvalue weighted by atomic mass is 16.3. The van der Waals surface area contributed by atoms with Crippen molar-refractivity contribution in [3.63, 3.8) is 0 Å². The van der Waals surface area contributed by atoms with Crippen molar-refractivity contribution < 1.29 is 9.21 Å². The summed E-state index contributed by atoms with van der Waals surface area (Å²) >= 11 is 0. The second-order valence-corrected chi connectivity index (χ2v) is 4.31. The Morgan fingerprint density at radius 2 is 2.30 bits per heavy atom. The van der Waals surface area contributed by atoms with Crippen LogP contribution in [-0.2, 0) is 6.54 Å². The van der Waals surface area contributed by atoms with Crippen molar-refractivity contribution in [1.82, 2.24) is 15.3 Å². The van der Waals surface area contributed by atoms with Crippen molar-refractivity contribution in [2.45, 2.75) is 26.3 Å². The highest BCUT2D eigenvalue weighted by Gasteiger charge is 2.08. The normalized spacial score (nSPS) is 10.2. The summed E-state index contributed by atoms with van der Waals surface area (Å²) in [5.41, 5.74) is 0.359. The molecule has 0 bridgehead atoms. The van der Waals surface area contributed by atoms with Crippen molar-refractivity contribution in [2.75, 3.05) is 11.9 Å². The van der Waals surface area contributed by atoms with Crippen LogP contribution >= 0.6 is 0 Å². The Morgan fingerprint density at radius 1 is 1.40 bits per heavy atom. The monoisotopic (exact) mass is 274 g/mol. The molecule has 106 valence electrons. The minimum absolute atomic E-state index is 0.179. The summed E-state index contributed by atoms with van der Waals surface area (Å²) in [7, 11) is 0. The number of amides is 1. The molecule has 2 N–H and O–H groups in total. The predicted molar refractivity (Wildman–Crippen MR) is 75.3 cm³/mol. The van der Waals surface area contributed by atoms with Gasteiger partial charge in [-0.25, -0.2) is 9.97 Å². The van der Waals surface area contributed by atoms with E-state index in [2.05, 4.69) is 27.5 Å². The molecule has 0 fully saturated rings. The fraction of sp³-hybridized carbons (Fsp3) is 0.357. The molecule has 2 aromatic heterocycles. The second-order valence-electron chi connectivity index (χ2n) is 4.31. The van der Waals surface area contributed by atoms with Gasteiger partial charge in [-0.15, -0.1) is 0 Å². The smallest absolute Gasteiger partial charge is 0.270 e. The number of carbonyl (C=O) groups excluding carboxylic acids is 1. The van der Waals surface area contributed by atoms with Crippen LogP contribution in [-0.4, -0.2) is 22.4 Å². The first-order valence-electron chi connectivity index (χ1n) is 6.67. The zero-order valence-corrected chi connectivity index (χ0v) is 11.4. The van der Waals surface area contributed by atoms with Crippen molar-refractivity contribution in [3.05, 3.63) is 42.1 Å². The standard InChI is InChI=1S/C14H18N4O2/c1-2-3-7-15-13(19)12-6-8-16-14(18-12)17-10-11-5-4-9-20-11/h4-6,8-9H,2-3,7,10H2,1H3,(H,15,19)(H,16,17,18). The Bertz CT molecular complexity index is 540. The number of furan rings is 1. The molecule has 20 heavy (non-hydrogen) atoms. The van der Waals surface area contributed by atoms with Crippen molar-refractivity contribution >= 4 is 11.9 Å². The van der Waals surface area contributed by atoms with E-state index in [-0.39, 0.29) is 5.91 Å². The van der Waals surface area contributed by atoms with Crippen LogP contribution in [0.3, 0.4) is 0 Å². The first-order chi connectivity index (χ1) is 9.79. The van der Waals surface area contributed by atoms with Crippen LogP contribution in [0.25, 0.3) is 0 Å². The van der Waals surface area contributed by atoms with Gasteiger partial charge in [-0.3, -0.25) is 4.79 Å². The third kappa shape index (κ3) is 4.08. The Labute approximate surface area is 117 Å². The summed E-state index contributed by atoms with van der Waals surface area (Å²) in [5.74, 6) is 1.01. The first-order valence-corrected chi connectivity index (χ1v) is 6.67. The number of rotatable bonds is 7. The minimum Gasteiger partial charge on any atom is -0.467 e. The summed E-state index contributed by atoms with van der Waals surface area (Å²) < 4.78 is 5.20. The van der Waals surface area contributed by atoms with Gasteiger partial charge >= 0.3 is 0 Å². The largest absolute Gasteiger partial charge is 0.467 e.